The van der Waals surface area contributed by atoms with Gasteiger partial charge in [-0.2, -0.15) is 0 Å². The molecular formula is C41H55Cl3SiTi. The standard InChI is InChI=1S/C41H55Si.3ClH.Ti/c1-13-14-15-31-16-18-32(19-17-31)37-29(5)28(4)30(6)38(37)39(42-36-21-26(2)20-27(3)22-36)33-23-34(40(7,8)9)25-35(24-33)41(10,11)12;;;;/h16-25,39H,13-15,42H2,1-12H3;3*1H;/q;;;;+3/p-3. The largest absolute Gasteiger partial charge is 1.00 e. The van der Waals surface area contributed by atoms with Gasteiger partial charge in [-0.1, -0.05) is 0 Å². The van der Waals surface area contributed by atoms with Crippen LogP contribution in [-0.2, 0) is 37.7 Å². The molecule has 1 aliphatic rings. The van der Waals surface area contributed by atoms with E-state index in [2.05, 4.69) is 164 Å². The molecule has 2 atom stereocenters. The molecule has 0 heterocycles. The number of unbranched alkanes of at least 4 members (excludes halogenated alkanes) is 1. The first-order valence-corrected chi connectivity index (χ1v) is 18.7. The van der Waals surface area contributed by atoms with E-state index in [1.54, 1.807) is 16.3 Å². The number of rotatable bonds is 8. The van der Waals surface area contributed by atoms with Crippen molar-refractivity contribution in [2.75, 3.05) is 0 Å². The summed E-state index contributed by atoms with van der Waals surface area (Å²) in [6.07, 6.45) is 3.66. The van der Waals surface area contributed by atoms with E-state index in [-0.39, 0.29) is 51.8 Å². The third-order valence-electron chi connectivity index (χ3n) is 9.88. The van der Waals surface area contributed by atoms with Crippen molar-refractivity contribution in [1.29, 1.82) is 0 Å². The monoisotopic (exact) mass is 728 g/mol. The zero-order chi connectivity index (χ0) is 31.9. The molecule has 0 aliphatic heterocycles. The van der Waals surface area contributed by atoms with Gasteiger partial charge in [0, 0.05) is 0 Å². The first kappa shape index (κ1) is 43.0. The molecular weight excluding hydrogens is 675 g/mol. The van der Waals surface area contributed by atoms with Gasteiger partial charge in [0.1, 0.15) is 0 Å². The predicted molar refractivity (Wildman–Crippen MR) is 189 cm³/mol. The van der Waals surface area contributed by atoms with E-state index >= 15 is 0 Å². The number of hydrogen-bond acceptors (Lipinski definition) is 0. The van der Waals surface area contributed by atoms with E-state index in [9.17, 15) is 0 Å². The zero-order valence-corrected chi connectivity index (χ0v) is 35.6. The molecule has 0 spiro atoms. The average Bonchev–Trinajstić information content (AvgIpc) is 3.09. The Labute approximate surface area is 314 Å². The molecule has 5 heteroatoms. The van der Waals surface area contributed by atoms with Gasteiger partial charge in [-0.3, -0.25) is 0 Å². The number of benzene rings is 3. The molecule has 4 rings (SSSR count). The quantitative estimate of drug-likeness (QED) is 0.308. The van der Waals surface area contributed by atoms with Crippen LogP contribution in [0.2, 0.25) is 3.72 Å². The summed E-state index contributed by atoms with van der Waals surface area (Å²) >= 11 is 2.59. The molecule has 0 amide bonds. The number of hydrogen-bond donors (Lipinski definition) is 0. The zero-order valence-electron chi connectivity index (χ0n) is 30.3. The van der Waals surface area contributed by atoms with E-state index in [0.717, 1.165) is 0 Å². The molecule has 0 aromatic heterocycles. The van der Waals surface area contributed by atoms with Crippen LogP contribution in [0.4, 0.5) is 0 Å². The van der Waals surface area contributed by atoms with E-state index < -0.39 is 9.52 Å². The van der Waals surface area contributed by atoms with Gasteiger partial charge >= 0.3 is 279 Å². The maximum atomic E-state index is 2.59. The van der Waals surface area contributed by atoms with Gasteiger partial charge in [-0.15, -0.1) is 0 Å². The summed E-state index contributed by atoms with van der Waals surface area (Å²) in [6, 6.07) is 24.6. The van der Waals surface area contributed by atoms with Gasteiger partial charge in [0.05, 0.1) is 0 Å². The minimum absolute atomic E-state index is 0. The normalized spacial score (nSPS) is 17.6. The van der Waals surface area contributed by atoms with Crippen molar-refractivity contribution in [3.05, 3.63) is 116 Å². The first-order chi connectivity index (χ1) is 20.0. The SMILES string of the molecule is CCCCc1ccc(C2=C(C)C(C)=C(C)[C]2([Ti+3])C([SiH2]c2cc(C)cc(C)c2)c2cc(C(C)(C)C)cc(C(C)(C)C)c2)cc1.[Cl-].[Cl-].[Cl-]. The van der Waals surface area contributed by atoms with Gasteiger partial charge in [0.2, 0.25) is 0 Å². The molecule has 2 unspecified atom stereocenters. The Hall–Kier alpha value is -1.06. The van der Waals surface area contributed by atoms with Crippen molar-refractivity contribution in [1.82, 2.24) is 0 Å². The van der Waals surface area contributed by atoms with Gasteiger partial charge in [0.25, 0.3) is 0 Å². The van der Waals surface area contributed by atoms with Crippen molar-refractivity contribution >= 4 is 20.3 Å². The van der Waals surface area contributed by atoms with E-state index in [1.807, 2.05) is 0 Å². The third-order valence-corrected chi connectivity index (χ3v) is 14.4. The summed E-state index contributed by atoms with van der Waals surface area (Å²) in [5.41, 5.74) is 16.7. The molecule has 46 heavy (non-hydrogen) atoms. The van der Waals surface area contributed by atoms with Gasteiger partial charge in [-0.05, 0) is 0 Å². The molecule has 0 fully saturated rings. The maximum Gasteiger partial charge on any atom is -1.00 e. The Morgan fingerprint density at radius 3 is 1.65 bits per heavy atom. The van der Waals surface area contributed by atoms with E-state index in [4.69, 9.17) is 0 Å². The fraction of sp³-hybridized carbons (Fsp3) is 0.463. The maximum absolute atomic E-state index is 2.59. The summed E-state index contributed by atoms with van der Waals surface area (Å²) in [5.74, 6) is 0. The second-order valence-electron chi connectivity index (χ2n) is 15.5. The van der Waals surface area contributed by atoms with Gasteiger partial charge in [-0.25, -0.2) is 0 Å². The van der Waals surface area contributed by atoms with Crippen molar-refractivity contribution < 1.29 is 57.7 Å². The Bertz CT molecular complexity index is 1500. The van der Waals surface area contributed by atoms with Crippen LogP contribution in [0.15, 0.2) is 77.4 Å². The second kappa shape index (κ2) is 16.6. The Morgan fingerprint density at radius 2 is 1.20 bits per heavy atom. The summed E-state index contributed by atoms with van der Waals surface area (Å²) < 4.78 is -0.0748. The molecule has 3 aromatic rings. The van der Waals surface area contributed by atoms with Gasteiger partial charge < -0.3 is 37.2 Å². The van der Waals surface area contributed by atoms with Crippen LogP contribution >= 0.6 is 0 Å². The van der Waals surface area contributed by atoms with Crippen molar-refractivity contribution in [3.8, 4) is 0 Å². The fourth-order valence-corrected chi connectivity index (χ4v) is 11.2. The summed E-state index contributed by atoms with van der Waals surface area (Å²) in [5, 5.41) is 1.58. The topological polar surface area (TPSA) is 0 Å². The second-order valence-corrected chi connectivity index (χ2v) is 18.7. The molecule has 1 aliphatic carbocycles. The molecule has 0 nitrogen and oxygen atoms in total. The van der Waals surface area contributed by atoms with Crippen LogP contribution in [0.1, 0.15) is 127 Å². The molecule has 0 bridgehead atoms. The summed E-state index contributed by atoms with van der Waals surface area (Å²) in [4.78, 5) is 0. The van der Waals surface area contributed by atoms with E-state index in [0.29, 0.717) is 5.54 Å². The molecule has 0 saturated carbocycles. The molecule has 3 aromatic carbocycles. The third kappa shape index (κ3) is 9.13. The Morgan fingerprint density at radius 1 is 0.696 bits per heavy atom. The van der Waals surface area contributed by atoms with Crippen LogP contribution < -0.4 is 42.4 Å². The average molecular weight is 730 g/mol. The van der Waals surface area contributed by atoms with Crippen LogP contribution in [0, 0.1) is 13.8 Å². The van der Waals surface area contributed by atoms with Crippen LogP contribution in [0.5, 0.6) is 0 Å². The molecule has 0 radical (unpaired) electrons. The first-order valence-electron chi connectivity index (χ1n) is 16.4. The number of allylic oxidation sites excluding steroid dienone is 4. The van der Waals surface area contributed by atoms with Crippen molar-refractivity contribution in [2.45, 2.75) is 122 Å². The van der Waals surface area contributed by atoms with E-state index in [1.165, 1.54) is 69.4 Å². The van der Waals surface area contributed by atoms with Crippen LogP contribution in [0.3, 0.4) is 0 Å². The van der Waals surface area contributed by atoms with Gasteiger partial charge in [0.15, 0.2) is 0 Å². The summed E-state index contributed by atoms with van der Waals surface area (Å²) in [7, 11) is -0.745. The Balaban J connectivity index is 0.00000353. The minimum atomic E-state index is -0.745. The smallest absolute Gasteiger partial charge is 1.00 e. The summed E-state index contributed by atoms with van der Waals surface area (Å²) in [6.45, 7) is 28.2. The minimum Gasteiger partial charge on any atom is -1.00 e. The number of aryl methyl sites for hydroxylation is 3. The van der Waals surface area contributed by atoms with Crippen molar-refractivity contribution in [2.24, 2.45) is 0 Å². The fourth-order valence-electron chi connectivity index (χ4n) is 7.01. The van der Waals surface area contributed by atoms with Crippen molar-refractivity contribution in [3.63, 3.8) is 0 Å². The molecule has 0 N–H and O–H groups in total. The number of halogens is 3. The predicted octanol–water partition coefficient (Wildman–Crippen LogP) is 1.32. The molecule has 248 valence electrons. The van der Waals surface area contributed by atoms with Crippen LogP contribution in [0.25, 0.3) is 5.57 Å². The Kier molecular flexibility index (Phi) is 15.5. The molecule has 0 saturated heterocycles. The van der Waals surface area contributed by atoms with Crippen LogP contribution in [-0.4, -0.2) is 9.52 Å².